The van der Waals surface area contributed by atoms with Crippen LogP contribution in [0.25, 0.3) is 0 Å². The molecule has 0 atom stereocenters. The van der Waals surface area contributed by atoms with E-state index in [1.165, 1.54) is 12.8 Å². The Morgan fingerprint density at radius 3 is 2.43 bits per heavy atom. The minimum absolute atomic E-state index is 0.110. The average molecular weight is 307 g/mol. The second-order valence-corrected chi connectivity index (χ2v) is 8.41. The second kappa shape index (κ2) is 4.44. The molecule has 0 bridgehead atoms. The highest BCUT2D eigenvalue weighted by molar-refractivity contribution is 7.89. The molecular formula is C15H21N3O2S. The number of hydrogen-bond acceptors (Lipinski definition) is 4. The van der Waals surface area contributed by atoms with Crippen molar-refractivity contribution in [3.63, 3.8) is 0 Å². The fraction of sp³-hybridized carbons (Fsp3) is 0.600. The van der Waals surface area contributed by atoms with E-state index in [2.05, 4.69) is 9.62 Å². The summed E-state index contributed by atoms with van der Waals surface area (Å²) in [5, 5.41) is 0. The van der Waals surface area contributed by atoms with Crippen molar-refractivity contribution < 1.29 is 8.42 Å². The van der Waals surface area contributed by atoms with Gasteiger partial charge in [-0.15, -0.1) is 0 Å². The van der Waals surface area contributed by atoms with Gasteiger partial charge in [-0.2, -0.15) is 0 Å². The molecule has 0 aromatic heterocycles. The summed E-state index contributed by atoms with van der Waals surface area (Å²) in [5.74, 6) is 0.627. The first kappa shape index (κ1) is 13.5. The van der Waals surface area contributed by atoms with Crippen LogP contribution in [0.5, 0.6) is 0 Å². The van der Waals surface area contributed by atoms with E-state index in [1.54, 1.807) is 12.1 Å². The van der Waals surface area contributed by atoms with Crippen molar-refractivity contribution in [2.24, 2.45) is 11.7 Å². The molecule has 1 heterocycles. The summed E-state index contributed by atoms with van der Waals surface area (Å²) in [6, 6.07) is 7.36. The fourth-order valence-electron chi connectivity index (χ4n) is 3.18. The van der Waals surface area contributed by atoms with E-state index in [1.807, 2.05) is 12.1 Å². The Labute approximate surface area is 125 Å². The predicted octanol–water partition coefficient (Wildman–Crippen LogP) is 1.05. The normalized spacial score (nSPS) is 24.7. The van der Waals surface area contributed by atoms with Crippen molar-refractivity contribution in [3.8, 4) is 0 Å². The zero-order chi connectivity index (χ0) is 14.7. The van der Waals surface area contributed by atoms with Crippen molar-refractivity contribution >= 4 is 15.7 Å². The lowest BCUT2D eigenvalue weighted by Gasteiger charge is -2.50. The maximum absolute atomic E-state index is 12.5. The maximum atomic E-state index is 12.5. The van der Waals surface area contributed by atoms with Crippen LogP contribution in [0.15, 0.2) is 29.2 Å². The number of hydrogen-bond donors (Lipinski definition) is 2. The number of para-hydroxylation sites is 1. The van der Waals surface area contributed by atoms with Crippen LogP contribution in [0.1, 0.15) is 25.7 Å². The first-order valence-electron chi connectivity index (χ1n) is 7.63. The van der Waals surface area contributed by atoms with Gasteiger partial charge in [0.25, 0.3) is 0 Å². The summed E-state index contributed by atoms with van der Waals surface area (Å²) in [5.41, 5.74) is 7.05. The van der Waals surface area contributed by atoms with E-state index in [-0.39, 0.29) is 11.6 Å². The number of nitrogens with one attached hydrogen (secondary N) is 1. The molecule has 1 aliphatic heterocycles. The number of nitrogens with zero attached hydrogens (tertiary/aromatic N) is 1. The van der Waals surface area contributed by atoms with Crippen molar-refractivity contribution in [2.75, 3.05) is 18.0 Å². The van der Waals surface area contributed by atoms with Gasteiger partial charge in [-0.25, -0.2) is 13.1 Å². The third-order valence-electron chi connectivity index (χ3n) is 4.76. The molecule has 2 saturated carbocycles. The Morgan fingerprint density at radius 2 is 1.81 bits per heavy atom. The van der Waals surface area contributed by atoms with Crippen LogP contribution in [0.4, 0.5) is 5.69 Å². The van der Waals surface area contributed by atoms with Crippen molar-refractivity contribution in [1.82, 2.24) is 4.72 Å². The van der Waals surface area contributed by atoms with Gasteiger partial charge in [0.1, 0.15) is 4.90 Å². The van der Waals surface area contributed by atoms with Crippen molar-refractivity contribution in [2.45, 2.75) is 42.2 Å². The van der Waals surface area contributed by atoms with E-state index in [9.17, 15) is 8.42 Å². The van der Waals surface area contributed by atoms with Gasteiger partial charge in [-0.05, 0) is 43.7 Å². The second-order valence-electron chi connectivity index (χ2n) is 6.73. The zero-order valence-electron chi connectivity index (χ0n) is 12.0. The van der Waals surface area contributed by atoms with Gasteiger partial charge in [-0.3, -0.25) is 0 Å². The van der Waals surface area contributed by atoms with Gasteiger partial charge in [0.2, 0.25) is 10.0 Å². The minimum atomic E-state index is -3.42. The van der Waals surface area contributed by atoms with Crippen LogP contribution in [0.2, 0.25) is 0 Å². The lowest BCUT2D eigenvalue weighted by atomic mass is 9.85. The summed E-state index contributed by atoms with van der Waals surface area (Å²) in [6.07, 6.45) is 4.32. The monoisotopic (exact) mass is 307 g/mol. The summed E-state index contributed by atoms with van der Waals surface area (Å²) in [7, 11) is -3.42. The molecule has 0 spiro atoms. The Balaban J connectivity index is 1.58. The van der Waals surface area contributed by atoms with E-state index in [0.717, 1.165) is 31.6 Å². The number of rotatable bonds is 5. The molecular weight excluding hydrogens is 286 g/mol. The first-order valence-corrected chi connectivity index (χ1v) is 9.11. The Morgan fingerprint density at radius 1 is 1.14 bits per heavy atom. The Bertz CT molecular complexity index is 659. The van der Waals surface area contributed by atoms with Gasteiger partial charge in [0.05, 0.1) is 11.2 Å². The van der Waals surface area contributed by atoms with Gasteiger partial charge >= 0.3 is 0 Å². The topological polar surface area (TPSA) is 75.4 Å². The largest absolute Gasteiger partial charge is 0.367 e. The summed E-state index contributed by atoms with van der Waals surface area (Å²) >= 11 is 0. The molecule has 6 heteroatoms. The highest BCUT2D eigenvalue weighted by Crippen LogP contribution is 2.45. The lowest BCUT2D eigenvalue weighted by Crippen LogP contribution is -2.69. The molecule has 3 fully saturated rings. The Kier molecular flexibility index (Phi) is 2.87. The van der Waals surface area contributed by atoms with Crippen LogP contribution < -0.4 is 15.4 Å². The van der Waals surface area contributed by atoms with Crippen molar-refractivity contribution in [3.05, 3.63) is 24.3 Å². The summed E-state index contributed by atoms with van der Waals surface area (Å²) < 4.78 is 27.7. The summed E-state index contributed by atoms with van der Waals surface area (Å²) in [4.78, 5) is 2.48. The van der Waals surface area contributed by atoms with Crippen LogP contribution in [-0.4, -0.2) is 33.1 Å². The molecule has 3 N–H and O–H groups in total. The average Bonchev–Trinajstić information content (AvgIpc) is 3.27. The standard InChI is InChI=1S/C15H21N3O2S/c16-15(11-5-6-11)9-18(10-15)13-3-1-2-4-14(13)21(19,20)17-12-7-8-12/h1-4,11-12,17H,5-10,16H2. The highest BCUT2D eigenvalue weighted by Gasteiger charge is 2.51. The molecule has 0 radical (unpaired) electrons. The summed E-state index contributed by atoms with van der Waals surface area (Å²) in [6.45, 7) is 1.52. The first-order chi connectivity index (χ1) is 9.98. The molecule has 3 aliphatic rings. The third-order valence-corrected chi connectivity index (χ3v) is 6.32. The SMILES string of the molecule is NC1(C2CC2)CN(c2ccccc2S(=O)(=O)NC2CC2)C1. The van der Waals surface area contributed by atoms with Crippen LogP contribution in [0.3, 0.4) is 0 Å². The maximum Gasteiger partial charge on any atom is 0.242 e. The lowest BCUT2D eigenvalue weighted by molar-refractivity contribution is 0.290. The van der Waals surface area contributed by atoms with Gasteiger partial charge in [-0.1, -0.05) is 12.1 Å². The number of anilines is 1. The van der Waals surface area contributed by atoms with Crippen LogP contribution in [-0.2, 0) is 10.0 Å². The van der Waals surface area contributed by atoms with E-state index >= 15 is 0 Å². The molecule has 21 heavy (non-hydrogen) atoms. The third kappa shape index (κ3) is 2.45. The van der Waals surface area contributed by atoms with E-state index in [4.69, 9.17) is 5.73 Å². The number of sulfonamides is 1. The zero-order valence-corrected chi connectivity index (χ0v) is 12.8. The fourth-order valence-corrected chi connectivity index (χ4v) is 4.71. The minimum Gasteiger partial charge on any atom is -0.367 e. The molecule has 5 nitrogen and oxygen atoms in total. The smallest absolute Gasteiger partial charge is 0.242 e. The van der Waals surface area contributed by atoms with E-state index < -0.39 is 10.0 Å². The van der Waals surface area contributed by atoms with Gasteiger partial charge < -0.3 is 10.6 Å². The van der Waals surface area contributed by atoms with E-state index in [0.29, 0.717) is 10.8 Å². The molecule has 1 aromatic rings. The highest BCUT2D eigenvalue weighted by atomic mass is 32.2. The van der Waals surface area contributed by atoms with Gasteiger partial charge in [0, 0.05) is 19.1 Å². The van der Waals surface area contributed by atoms with Gasteiger partial charge in [0.15, 0.2) is 0 Å². The van der Waals surface area contributed by atoms with Crippen LogP contribution >= 0.6 is 0 Å². The molecule has 0 amide bonds. The predicted molar refractivity (Wildman–Crippen MR) is 81.6 cm³/mol. The number of benzene rings is 1. The Hall–Kier alpha value is -1.11. The van der Waals surface area contributed by atoms with Crippen molar-refractivity contribution in [1.29, 1.82) is 0 Å². The molecule has 2 aliphatic carbocycles. The molecule has 0 unspecified atom stereocenters. The molecule has 114 valence electrons. The number of nitrogens with two attached hydrogens (primary N) is 1. The molecule has 1 saturated heterocycles. The van der Waals surface area contributed by atoms with Crippen LogP contribution in [0, 0.1) is 5.92 Å². The quantitative estimate of drug-likeness (QED) is 0.853. The molecule has 4 rings (SSSR count). The molecule has 1 aromatic carbocycles.